The van der Waals surface area contributed by atoms with E-state index in [1.165, 1.54) is 0 Å². The van der Waals surface area contributed by atoms with Crippen LogP contribution in [0.1, 0.15) is 41.0 Å². The maximum Gasteiger partial charge on any atom is 0.270 e. The van der Waals surface area contributed by atoms with Gasteiger partial charge in [0.1, 0.15) is 5.69 Å². The molecule has 2 aliphatic heterocycles. The molecule has 3 heterocycles. The van der Waals surface area contributed by atoms with Crippen molar-refractivity contribution in [2.24, 2.45) is 5.92 Å². The molecule has 1 aromatic heterocycles. The fraction of sp³-hybridized carbons (Fsp3) is 0.667. The standard InChI is InChI=1S/C18H27N3O3/c1-13-11-14(2)19-17(13)18(23)21-5-3-15(4-6-21)12-16(22)20-7-9-24-10-8-20/h11,15,19H,3-10,12H2,1-2H3. The first-order valence-corrected chi connectivity index (χ1v) is 8.85. The van der Waals surface area contributed by atoms with Gasteiger partial charge in [0.15, 0.2) is 0 Å². The lowest BCUT2D eigenvalue weighted by Crippen LogP contribution is -2.43. The number of nitrogens with one attached hydrogen (secondary N) is 1. The lowest BCUT2D eigenvalue weighted by molar-refractivity contribution is -0.136. The number of rotatable bonds is 3. The van der Waals surface area contributed by atoms with Crippen molar-refractivity contribution in [3.8, 4) is 0 Å². The normalized spacial score (nSPS) is 19.6. The van der Waals surface area contributed by atoms with Gasteiger partial charge in [-0.1, -0.05) is 0 Å². The Morgan fingerprint density at radius 1 is 1.12 bits per heavy atom. The molecule has 3 rings (SSSR count). The predicted molar refractivity (Wildman–Crippen MR) is 90.9 cm³/mol. The van der Waals surface area contributed by atoms with Gasteiger partial charge in [0.25, 0.3) is 5.91 Å². The number of carbonyl (C=O) groups excluding carboxylic acids is 2. The maximum atomic E-state index is 12.6. The Morgan fingerprint density at radius 2 is 1.79 bits per heavy atom. The fourth-order valence-corrected chi connectivity index (χ4v) is 3.64. The van der Waals surface area contributed by atoms with Crippen LogP contribution in [-0.4, -0.2) is 66.0 Å². The third-order valence-electron chi connectivity index (χ3n) is 5.09. The third-order valence-corrected chi connectivity index (χ3v) is 5.09. The van der Waals surface area contributed by atoms with E-state index in [0.717, 1.165) is 37.2 Å². The second kappa shape index (κ2) is 7.38. The summed E-state index contributed by atoms with van der Waals surface area (Å²) in [5.74, 6) is 0.702. The summed E-state index contributed by atoms with van der Waals surface area (Å²) in [5, 5.41) is 0. The zero-order valence-corrected chi connectivity index (χ0v) is 14.6. The van der Waals surface area contributed by atoms with Crippen LogP contribution in [0, 0.1) is 19.8 Å². The molecule has 0 saturated carbocycles. The first-order valence-electron chi connectivity index (χ1n) is 8.85. The van der Waals surface area contributed by atoms with Crippen LogP contribution in [0.3, 0.4) is 0 Å². The highest BCUT2D eigenvalue weighted by atomic mass is 16.5. The van der Waals surface area contributed by atoms with Gasteiger partial charge in [-0.2, -0.15) is 0 Å². The molecule has 0 radical (unpaired) electrons. The van der Waals surface area contributed by atoms with Gasteiger partial charge in [0, 0.05) is 38.3 Å². The minimum absolute atomic E-state index is 0.0820. The molecule has 0 bridgehead atoms. The number of hydrogen-bond acceptors (Lipinski definition) is 3. The second-order valence-electron chi connectivity index (χ2n) is 6.94. The zero-order valence-electron chi connectivity index (χ0n) is 14.6. The summed E-state index contributed by atoms with van der Waals surface area (Å²) < 4.78 is 5.29. The van der Waals surface area contributed by atoms with Crippen molar-refractivity contribution in [3.63, 3.8) is 0 Å². The fourth-order valence-electron chi connectivity index (χ4n) is 3.64. The molecule has 0 spiro atoms. The average molecular weight is 333 g/mol. The van der Waals surface area contributed by atoms with Crippen molar-refractivity contribution >= 4 is 11.8 Å². The number of aromatic amines is 1. The van der Waals surface area contributed by atoms with E-state index in [0.29, 0.717) is 44.3 Å². The molecule has 0 aliphatic carbocycles. The van der Waals surface area contributed by atoms with E-state index >= 15 is 0 Å². The molecular formula is C18H27N3O3. The summed E-state index contributed by atoms with van der Waals surface area (Å²) in [5.41, 5.74) is 2.72. The summed E-state index contributed by atoms with van der Waals surface area (Å²) in [4.78, 5) is 31.9. The van der Waals surface area contributed by atoms with Gasteiger partial charge < -0.3 is 19.5 Å². The van der Waals surface area contributed by atoms with Crippen molar-refractivity contribution in [2.75, 3.05) is 39.4 Å². The minimum atomic E-state index is 0.0820. The SMILES string of the molecule is Cc1cc(C)c(C(=O)N2CCC(CC(=O)N3CCOCC3)CC2)[nH]1. The highest BCUT2D eigenvalue weighted by Gasteiger charge is 2.28. The first kappa shape index (κ1) is 17.0. The minimum Gasteiger partial charge on any atom is -0.378 e. The number of nitrogens with zero attached hydrogens (tertiary/aromatic N) is 2. The Hall–Kier alpha value is -1.82. The lowest BCUT2D eigenvalue weighted by Gasteiger charge is -2.33. The van der Waals surface area contributed by atoms with E-state index in [1.807, 2.05) is 29.7 Å². The topological polar surface area (TPSA) is 65.6 Å². The molecule has 1 aromatic rings. The van der Waals surface area contributed by atoms with E-state index in [2.05, 4.69) is 4.98 Å². The maximum absolute atomic E-state index is 12.6. The number of carbonyl (C=O) groups is 2. The van der Waals surface area contributed by atoms with Crippen molar-refractivity contribution in [1.82, 2.24) is 14.8 Å². The molecule has 2 amide bonds. The van der Waals surface area contributed by atoms with E-state index in [9.17, 15) is 9.59 Å². The molecular weight excluding hydrogens is 306 g/mol. The Morgan fingerprint density at radius 3 is 2.38 bits per heavy atom. The molecule has 24 heavy (non-hydrogen) atoms. The zero-order chi connectivity index (χ0) is 17.1. The van der Waals surface area contributed by atoms with E-state index in [4.69, 9.17) is 4.74 Å². The number of amides is 2. The summed E-state index contributed by atoms with van der Waals surface area (Å²) in [6.45, 7) is 8.11. The van der Waals surface area contributed by atoms with Crippen LogP contribution in [0.15, 0.2) is 6.07 Å². The van der Waals surface area contributed by atoms with Crippen molar-refractivity contribution in [1.29, 1.82) is 0 Å². The predicted octanol–water partition coefficient (Wildman–Crippen LogP) is 1.73. The average Bonchev–Trinajstić information content (AvgIpc) is 2.94. The molecule has 6 heteroatoms. The number of hydrogen-bond donors (Lipinski definition) is 1. The summed E-state index contributed by atoms with van der Waals surface area (Å²) in [6.07, 6.45) is 2.41. The number of morpholine rings is 1. The van der Waals surface area contributed by atoms with E-state index in [1.54, 1.807) is 0 Å². The number of H-pyrrole nitrogens is 1. The number of aryl methyl sites for hydroxylation is 2. The van der Waals surface area contributed by atoms with E-state index < -0.39 is 0 Å². The first-order chi connectivity index (χ1) is 11.5. The third kappa shape index (κ3) is 3.80. The van der Waals surface area contributed by atoms with Crippen molar-refractivity contribution in [3.05, 3.63) is 23.0 Å². The van der Waals surface area contributed by atoms with Crippen LogP contribution in [-0.2, 0) is 9.53 Å². The second-order valence-corrected chi connectivity index (χ2v) is 6.94. The highest BCUT2D eigenvalue weighted by molar-refractivity contribution is 5.94. The molecule has 6 nitrogen and oxygen atoms in total. The molecule has 0 aromatic carbocycles. The Labute approximate surface area is 143 Å². The number of piperidine rings is 1. The molecule has 1 N–H and O–H groups in total. The summed E-state index contributed by atoms with van der Waals surface area (Å²) >= 11 is 0. The number of aromatic nitrogens is 1. The van der Waals surface area contributed by atoms with Gasteiger partial charge in [-0.15, -0.1) is 0 Å². The van der Waals surface area contributed by atoms with Gasteiger partial charge in [-0.3, -0.25) is 9.59 Å². The van der Waals surface area contributed by atoms with Gasteiger partial charge in [-0.25, -0.2) is 0 Å². The van der Waals surface area contributed by atoms with Crippen molar-refractivity contribution < 1.29 is 14.3 Å². The van der Waals surface area contributed by atoms with Crippen LogP contribution < -0.4 is 0 Å². The largest absolute Gasteiger partial charge is 0.378 e. The van der Waals surface area contributed by atoms with Gasteiger partial charge in [-0.05, 0) is 44.2 Å². The quantitative estimate of drug-likeness (QED) is 0.916. The van der Waals surface area contributed by atoms with Crippen LogP contribution in [0.25, 0.3) is 0 Å². The van der Waals surface area contributed by atoms with Gasteiger partial charge in [0.2, 0.25) is 5.91 Å². The lowest BCUT2D eigenvalue weighted by atomic mass is 9.92. The van der Waals surface area contributed by atoms with Crippen LogP contribution in [0.2, 0.25) is 0 Å². The van der Waals surface area contributed by atoms with Crippen LogP contribution in [0.4, 0.5) is 0 Å². The van der Waals surface area contributed by atoms with Crippen LogP contribution in [0.5, 0.6) is 0 Å². The molecule has 0 atom stereocenters. The number of likely N-dealkylation sites (tertiary alicyclic amines) is 1. The van der Waals surface area contributed by atoms with Gasteiger partial charge >= 0.3 is 0 Å². The molecule has 0 unspecified atom stereocenters. The molecule has 2 fully saturated rings. The monoisotopic (exact) mass is 333 g/mol. The van der Waals surface area contributed by atoms with Crippen molar-refractivity contribution in [2.45, 2.75) is 33.1 Å². The Kier molecular flexibility index (Phi) is 5.23. The molecule has 2 saturated heterocycles. The number of ether oxygens (including phenoxy) is 1. The summed E-state index contributed by atoms with van der Waals surface area (Å²) in [7, 11) is 0. The highest BCUT2D eigenvalue weighted by Crippen LogP contribution is 2.23. The summed E-state index contributed by atoms with van der Waals surface area (Å²) in [6, 6.07) is 2.00. The van der Waals surface area contributed by atoms with Gasteiger partial charge in [0.05, 0.1) is 13.2 Å². The molecule has 132 valence electrons. The molecule has 2 aliphatic rings. The van der Waals surface area contributed by atoms with E-state index in [-0.39, 0.29) is 11.8 Å². The Bertz CT molecular complexity index is 597. The Balaban J connectivity index is 1.49. The van der Waals surface area contributed by atoms with Crippen LogP contribution >= 0.6 is 0 Å². The smallest absolute Gasteiger partial charge is 0.270 e.